The van der Waals surface area contributed by atoms with E-state index in [1.54, 1.807) is 24.1 Å². The Balaban J connectivity index is 1.89. The molecule has 2 N–H and O–H groups in total. The summed E-state index contributed by atoms with van der Waals surface area (Å²) < 4.78 is 5.00. The van der Waals surface area contributed by atoms with Gasteiger partial charge in [0.2, 0.25) is 5.95 Å². The summed E-state index contributed by atoms with van der Waals surface area (Å²) in [5, 5.41) is 6.13. The Morgan fingerprint density at radius 1 is 1.32 bits per heavy atom. The third kappa shape index (κ3) is 5.88. The zero-order chi connectivity index (χ0) is 18.4. The van der Waals surface area contributed by atoms with Crippen LogP contribution in [0.2, 0.25) is 0 Å². The summed E-state index contributed by atoms with van der Waals surface area (Å²) in [6.45, 7) is 9.31. The van der Waals surface area contributed by atoms with Gasteiger partial charge in [0.15, 0.2) is 0 Å². The Labute approximate surface area is 148 Å². The maximum Gasteiger partial charge on any atom is 0.409 e. The first-order valence-electron chi connectivity index (χ1n) is 8.62. The van der Waals surface area contributed by atoms with Crippen molar-refractivity contribution in [2.24, 2.45) is 0 Å². The minimum absolute atomic E-state index is 0.0205. The fourth-order valence-corrected chi connectivity index (χ4v) is 2.56. The molecular formula is C17H27N5O3. The van der Waals surface area contributed by atoms with Gasteiger partial charge in [-0.15, -0.1) is 0 Å². The van der Waals surface area contributed by atoms with Crippen LogP contribution in [0.25, 0.3) is 0 Å². The molecule has 1 aliphatic heterocycles. The molecule has 1 aliphatic rings. The van der Waals surface area contributed by atoms with E-state index in [1.165, 1.54) is 0 Å². The van der Waals surface area contributed by atoms with Crippen LogP contribution in [0.15, 0.2) is 12.3 Å². The van der Waals surface area contributed by atoms with Crippen molar-refractivity contribution in [1.82, 2.24) is 20.2 Å². The molecule has 1 aromatic heterocycles. The van der Waals surface area contributed by atoms with Crippen LogP contribution >= 0.6 is 0 Å². The van der Waals surface area contributed by atoms with E-state index in [4.69, 9.17) is 4.74 Å². The number of nitrogens with one attached hydrogen (secondary N) is 2. The van der Waals surface area contributed by atoms with Crippen molar-refractivity contribution in [1.29, 1.82) is 0 Å². The van der Waals surface area contributed by atoms with Crippen molar-refractivity contribution in [3.8, 4) is 0 Å². The molecular weight excluding hydrogens is 322 g/mol. The predicted octanol–water partition coefficient (Wildman–Crippen LogP) is 2.04. The van der Waals surface area contributed by atoms with Crippen molar-refractivity contribution in [3.05, 3.63) is 18.0 Å². The van der Waals surface area contributed by atoms with Gasteiger partial charge in [0, 0.05) is 30.9 Å². The lowest BCUT2D eigenvalue weighted by molar-refractivity contribution is 0.0856. The van der Waals surface area contributed by atoms with Crippen molar-refractivity contribution >= 4 is 17.9 Å². The minimum atomic E-state index is -0.291. The van der Waals surface area contributed by atoms with E-state index in [1.807, 2.05) is 20.8 Å². The summed E-state index contributed by atoms with van der Waals surface area (Å²) in [6, 6.07) is 1.61. The molecule has 0 aromatic carbocycles. The fraction of sp³-hybridized carbons (Fsp3) is 0.647. The summed E-state index contributed by atoms with van der Waals surface area (Å²) in [5.74, 6) is 0.200. The van der Waals surface area contributed by atoms with Crippen LogP contribution in [0.3, 0.4) is 0 Å². The van der Waals surface area contributed by atoms with Gasteiger partial charge < -0.3 is 20.3 Å². The third-order valence-electron chi connectivity index (χ3n) is 3.73. The lowest BCUT2D eigenvalue weighted by Gasteiger charge is -2.31. The van der Waals surface area contributed by atoms with Crippen LogP contribution in [0.5, 0.6) is 0 Å². The van der Waals surface area contributed by atoms with Gasteiger partial charge in [-0.05, 0) is 46.6 Å². The highest BCUT2D eigenvalue weighted by atomic mass is 16.6. The van der Waals surface area contributed by atoms with Crippen molar-refractivity contribution in [2.75, 3.05) is 25.0 Å². The predicted molar refractivity (Wildman–Crippen MR) is 94.5 cm³/mol. The second-order valence-electron chi connectivity index (χ2n) is 7.07. The summed E-state index contributed by atoms with van der Waals surface area (Å²) in [6.07, 6.45) is 2.67. The van der Waals surface area contributed by atoms with Crippen molar-refractivity contribution in [3.63, 3.8) is 0 Å². The Kier molecular flexibility index (Phi) is 6.17. The molecule has 138 valence electrons. The Morgan fingerprint density at radius 2 is 2.00 bits per heavy atom. The molecule has 1 saturated heterocycles. The van der Waals surface area contributed by atoms with Crippen LogP contribution in [-0.2, 0) is 4.74 Å². The second kappa shape index (κ2) is 8.13. The molecule has 8 nitrogen and oxygen atoms in total. The highest BCUT2D eigenvalue weighted by Gasteiger charge is 2.25. The number of ether oxygens (including phenoxy) is 1. The van der Waals surface area contributed by atoms with Gasteiger partial charge in [0.1, 0.15) is 5.69 Å². The summed E-state index contributed by atoms with van der Waals surface area (Å²) in [7, 11) is 0. The molecule has 2 rings (SSSR count). The third-order valence-corrected chi connectivity index (χ3v) is 3.73. The van der Waals surface area contributed by atoms with Crippen LogP contribution in [-0.4, -0.2) is 58.1 Å². The number of rotatable bonds is 4. The van der Waals surface area contributed by atoms with Crippen LogP contribution in [0.4, 0.5) is 10.7 Å². The first-order valence-corrected chi connectivity index (χ1v) is 8.62. The number of aromatic nitrogens is 2. The number of carbonyl (C=O) groups is 2. The molecule has 0 radical (unpaired) electrons. The van der Waals surface area contributed by atoms with Crippen LogP contribution < -0.4 is 10.6 Å². The Bertz CT molecular complexity index is 607. The minimum Gasteiger partial charge on any atom is -0.450 e. The monoisotopic (exact) mass is 349 g/mol. The summed E-state index contributed by atoms with van der Waals surface area (Å²) in [5.41, 5.74) is 0.143. The fourth-order valence-electron chi connectivity index (χ4n) is 2.56. The number of nitrogens with zero attached hydrogens (tertiary/aromatic N) is 3. The number of piperidine rings is 1. The van der Waals surface area contributed by atoms with E-state index < -0.39 is 0 Å². The zero-order valence-corrected chi connectivity index (χ0v) is 15.3. The maximum absolute atomic E-state index is 12.4. The van der Waals surface area contributed by atoms with Crippen LogP contribution in [0, 0.1) is 0 Å². The molecule has 25 heavy (non-hydrogen) atoms. The molecule has 0 spiro atoms. The molecule has 0 unspecified atom stereocenters. The normalized spacial score (nSPS) is 15.6. The highest BCUT2D eigenvalue weighted by Crippen LogP contribution is 2.13. The van der Waals surface area contributed by atoms with Gasteiger partial charge in [-0.25, -0.2) is 14.8 Å². The van der Waals surface area contributed by atoms with Gasteiger partial charge in [-0.3, -0.25) is 4.79 Å². The Hall–Kier alpha value is -2.38. The number of amides is 2. The highest BCUT2D eigenvalue weighted by molar-refractivity contribution is 5.92. The molecule has 8 heteroatoms. The number of carbonyl (C=O) groups excluding carboxylic acids is 2. The van der Waals surface area contributed by atoms with E-state index in [-0.39, 0.29) is 23.6 Å². The summed E-state index contributed by atoms with van der Waals surface area (Å²) >= 11 is 0. The molecule has 2 amide bonds. The molecule has 2 heterocycles. The molecule has 1 fully saturated rings. The lowest BCUT2D eigenvalue weighted by Crippen LogP contribution is -2.46. The van der Waals surface area contributed by atoms with Crippen molar-refractivity contribution < 1.29 is 14.3 Å². The van der Waals surface area contributed by atoms with Gasteiger partial charge >= 0.3 is 6.09 Å². The van der Waals surface area contributed by atoms with Gasteiger partial charge in [0.05, 0.1) is 6.61 Å². The standard InChI is InChI=1S/C17H27N5O3/c1-5-25-16(24)22-10-7-12(8-11-22)19-14(23)13-6-9-18-15(20-13)21-17(2,3)4/h6,9,12H,5,7-8,10-11H2,1-4H3,(H,19,23)(H,18,20,21). The molecule has 0 aliphatic carbocycles. The first-order chi connectivity index (χ1) is 11.8. The van der Waals surface area contributed by atoms with E-state index in [2.05, 4.69) is 20.6 Å². The SMILES string of the molecule is CCOC(=O)N1CCC(NC(=O)c2ccnc(NC(C)(C)C)n2)CC1. The average Bonchev–Trinajstić information content (AvgIpc) is 2.54. The van der Waals surface area contributed by atoms with E-state index in [0.717, 1.165) is 0 Å². The van der Waals surface area contributed by atoms with Gasteiger partial charge in [-0.1, -0.05) is 0 Å². The molecule has 0 atom stereocenters. The number of likely N-dealkylation sites (tertiary alicyclic amines) is 1. The molecule has 0 saturated carbocycles. The van der Waals surface area contributed by atoms with Crippen molar-refractivity contribution in [2.45, 2.75) is 52.1 Å². The van der Waals surface area contributed by atoms with Gasteiger partial charge in [-0.2, -0.15) is 0 Å². The Morgan fingerprint density at radius 3 is 2.60 bits per heavy atom. The van der Waals surface area contributed by atoms with Gasteiger partial charge in [0.25, 0.3) is 5.91 Å². The van der Waals surface area contributed by atoms with E-state index in [9.17, 15) is 9.59 Å². The zero-order valence-electron chi connectivity index (χ0n) is 15.3. The first kappa shape index (κ1) is 19.0. The molecule has 1 aromatic rings. The largest absolute Gasteiger partial charge is 0.450 e. The summed E-state index contributed by atoms with van der Waals surface area (Å²) in [4.78, 5) is 34.2. The average molecular weight is 349 g/mol. The van der Waals surface area contributed by atoms with E-state index >= 15 is 0 Å². The second-order valence-corrected chi connectivity index (χ2v) is 7.07. The maximum atomic E-state index is 12.4. The van der Waals surface area contributed by atoms with E-state index in [0.29, 0.717) is 44.2 Å². The van der Waals surface area contributed by atoms with Crippen LogP contribution in [0.1, 0.15) is 51.0 Å². The lowest BCUT2D eigenvalue weighted by atomic mass is 10.1. The smallest absolute Gasteiger partial charge is 0.409 e. The number of hydrogen-bond donors (Lipinski definition) is 2. The topological polar surface area (TPSA) is 96.5 Å². The quantitative estimate of drug-likeness (QED) is 0.863. The number of anilines is 1. The molecule has 0 bridgehead atoms. The number of hydrogen-bond acceptors (Lipinski definition) is 6.